The number of aryl methyl sites for hydroxylation is 2. The zero-order chi connectivity index (χ0) is 22.2. The summed E-state index contributed by atoms with van der Waals surface area (Å²) in [6.45, 7) is 4.15. The molecule has 9 heteroatoms. The monoisotopic (exact) mass is 428 g/mol. The molecule has 0 spiro atoms. The summed E-state index contributed by atoms with van der Waals surface area (Å²) in [5.41, 5.74) is 4.11. The van der Waals surface area contributed by atoms with Gasteiger partial charge in [0.15, 0.2) is 5.65 Å². The van der Waals surface area contributed by atoms with Crippen LogP contribution in [0.1, 0.15) is 17.0 Å². The van der Waals surface area contributed by atoms with Crippen molar-refractivity contribution >= 4 is 11.0 Å². The molecule has 32 heavy (non-hydrogen) atoms. The Morgan fingerprint density at radius 1 is 1.09 bits per heavy atom. The summed E-state index contributed by atoms with van der Waals surface area (Å²) < 4.78 is 13.7. The second-order valence-corrected chi connectivity index (χ2v) is 7.56. The van der Waals surface area contributed by atoms with Crippen molar-refractivity contribution in [2.75, 3.05) is 7.11 Å². The Bertz CT molecular complexity index is 1480. The van der Waals surface area contributed by atoms with Crippen LogP contribution in [0.2, 0.25) is 0 Å². The standard InChI is InChI=1S/C23H20N6O3/c1-14-7-15(2)9-17(8-14)29-22-19(11-25-29)23(30)28(13-24-22)12-20-26-21(27-32-20)16-5-4-6-18(10-16)31-3/h4-11,13H,12H2,1-3H3. The van der Waals surface area contributed by atoms with Gasteiger partial charge in [-0.15, -0.1) is 0 Å². The molecule has 9 nitrogen and oxygen atoms in total. The second kappa shape index (κ2) is 7.77. The van der Waals surface area contributed by atoms with Gasteiger partial charge in [0.25, 0.3) is 5.56 Å². The molecule has 0 unspecified atom stereocenters. The van der Waals surface area contributed by atoms with E-state index >= 15 is 0 Å². The third kappa shape index (κ3) is 3.53. The summed E-state index contributed by atoms with van der Waals surface area (Å²) in [6, 6.07) is 13.5. The Balaban J connectivity index is 1.47. The third-order valence-electron chi connectivity index (χ3n) is 5.11. The highest BCUT2D eigenvalue weighted by Crippen LogP contribution is 2.21. The number of aromatic nitrogens is 6. The molecule has 5 rings (SSSR count). The van der Waals surface area contributed by atoms with Crippen molar-refractivity contribution in [3.8, 4) is 22.8 Å². The van der Waals surface area contributed by atoms with Gasteiger partial charge in [-0.1, -0.05) is 23.4 Å². The summed E-state index contributed by atoms with van der Waals surface area (Å²) in [7, 11) is 1.60. The first kappa shape index (κ1) is 19.7. The van der Waals surface area contributed by atoms with Gasteiger partial charge in [0, 0.05) is 5.56 Å². The van der Waals surface area contributed by atoms with E-state index in [1.165, 1.54) is 17.1 Å². The van der Waals surface area contributed by atoms with Crippen molar-refractivity contribution in [3.05, 3.63) is 82.4 Å². The Kier molecular flexibility index (Phi) is 4.78. The maximum Gasteiger partial charge on any atom is 0.264 e. The average Bonchev–Trinajstić information content (AvgIpc) is 3.43. The van der Waals surface area contributed by atoms with Crippen molar-refractivity contribution in [3.63, 3.8) is 0 Å². The van der Waals surface area contributed by atoms with Gasteiger partial charge in [-0.25, -0.2) is 9.67 Å². The van der Waals surface area contributed by atoms with Crippen molar-refractivity contribution in [2.24, 2.45) is 0 Å². The Morgan fingerprint density at radius 3 is 2.69 bits per heavy atom. The average molecular weight is 428 g/mol. The number of hydrogen-bond donors (Lipinski definition) is 0. The SMILES string of the molecule is COc1cccc(-c2noc(Cn3cnc4c(cnn4-c4cc(C)cc(C)c4)c3=O)n2)c1. The van der Waals surface area contributed by atoms with Crippen molar-refractivity contribution in [1.82, 2.24) is 29.5 Å². The quantitative estimate of drug-likeness (QED) is 0.423. The summed E-state index contributed by atoms with van der Waals surface area (Å²) >= 11 is 0. The van der Waals surface area contributed by atoms with Crippen LogP contribution in [-0.4, -0.2) is 36.6 Å². The number of ether oxygens (including phenoxy) is 1. The summed E-state index contributed by atoms with van der Waals surface area (Å²) in [4.78, 5) is 21.9. The van der Waals surface area contributed by atoms with Crippen LogP contribution < -0.4 is 10.3 Å². The van der Waals surface area contributed by atoms with Gasteiger partial charge in [-0.2, -0.15) is 10.1 Å². The molecule has 5 aromatic rings. The van der Waals surface area contributed by atoms with E-state index in [4.69, 9.17) is 9.26 Å². The Morgan fingerprint density at radius 2 is 1.91 bits per heavy atom. The van der Waals surface area contributed by atoms with Gasteiger partial charge in [-0.3, -0.25) is 9.36 Å². The third-order valence-corrected chi connectivity index (χ3v) is 5.11. The highest BCUT2D eigenvalue weighted by Gasteiger charge is 2.15. The molecular weight excluding hydrogens is 408 g/mol. The molecule has 0 aliphatic rings. The van der Waals surface area contributed by atoms with E-state index in [2.05, 4.69) is 26.3 Å². The van der Waals surface area contributed by atoms with Gasteiger partial charge < -0.3 is 9.26 Å². The van der Waals surface area contributed by atoms with E-state index in [-0.39, 0.29) is 12.1 Å². The molecule has 2 aromatic carbocycles. The number of benzene rings is 2. The van der Waals surface area contributed by atoms with Gasteiger partial charge in [-0.05, 0) is 49.2 Å². The number of fused-ring (bicyclic) bond motifs is 1. The van der Waals surface area contributed by atoms with Crippen LogP contribution in [0.25, 0.3) is 28.1 Å². The molecule has 0 saturated carbocycles. The van der Waals surface area contributed by atoms with Crippen LogP contribution in [0.3, 0.4) is 0 Å². The largest absolute Gasteiger partial charge is 0.497 e. The maximum atomic E-state index is 13.0. The van der Waals surface area contributed by atoms with E-state index < -0.39 is 0 Å². The molecule has 0 amide bonds. The molecule has 0 fully saturated rings. The van der Waals surface area contributed by atoms with Crippen LogP contribution in [-0.2, 0) is 6.54 Å². The zero-order valence-corrected chi connectivity index (χ0v) is 17.8. The minimum atomic E-state index is -0.230. The fraction of sp³-hybridized carbons (Fsp3) is 0.174. The van der Waals surface area contributed by atoms with E-state index in [1.807, 2.05) is 50.2 Å². The van der Waals surface area contributed by atoms with Crippen molar-refractivity contribution in [2.45, 2.75) is 20.4 Å². The number of nitrogens with zero attached hydrogens (tertiary/aromatic N) is 6. The van der Waals surface area contributed by atoms with Crippen molar-refractivity contribution < 1.29 is 9.26 Å². The topological polar surface area (TPSA) is 101 Å². The molecular formula is C23H20N6O3. The smallest absolute Gasteiger partial charge is 0.264 e. The minimum absolute atomic E-state index is 0.105. The van der Waals surface area contributed by atoms with Crippen LogP contribution in [0.4, 0.5) is 0 Å². The van der Waals surface area contributed by atoms with E-state index in [1.54, 1.807) is 11.8 Å². The lowest BCUT2D eigenvalue weighted by Crippen LogP contribution is -2.21. The molecule has 0 saturated heterocycles. The summed E-state index contributed by atoms with van der Waals surface area (Å²) in [5.74, 6) is 1.41. The predicted octanol–water partition coefficient (Wildman–Crippen LogP) is 3.31. The first-order valence-corrected chi connectivity index (χ1v) is 10.0. The van der Waals surface area contributed by atoms with Gasteiger partial charge in [0.1, 0.15) is 24.0 Å². The highest BCUT2D eigenvalue weighted by atomic mass is 16.5. The normalized spacial score (nSPS) is 11.2. The maximum absolute atomic E-state index is 13.0. The first-order chi connectivity index (χ1) is 15.5. The van der Waals surface area contributed by atoms with Crippen LogP contribution >= 0.6 is 0 Å². The first-order valence-electron chi connectivity index (χ1n) is 10.0. The number of hydrogen-bond acceptors (Lipinski definition) is 7. The van der Waals surface area contributed by atoms with E-state index in [0.29, 0.717) is 28.5 Å². The number of rotatable bonds is 5. The summed E-state index contributed by atoms with van der Waals surface area (Å²) in [5, 5.41) is 8.83. The molecule has 0 aliphatic carbocycles. The Hall–Kier alpha value is -4.27. The highest BCUT2D eigenvalue weighted by molar-refractivity contribution is 5.75. The van der Waals surface area contributed by atoms with Crippen molar-refractivity contribution in [1.29, 1.82) is 0 Å². The van der Waals surface area contributed by atoms with Gasteiger partial charge in [0.2, 0.25) is 11.7 Å². The Labute approximate surface area is 182 Å². The molecule has 0 bridgehead atoms. The van der Waals surface area contributed by atoms with Gasteiger partial charge >= 0.3 is 0 Å². The fourth-order valence-electron chi connectivity index (χ4n) is 3.67. The zero-order valence-electron chi connectivity index (χ0n) is 17.8. The predicted molar refractivity (Wildman–Crippen MR) is 118 cm³/mol. The van der Waals surface area contributed by atoms with Crippen LogP contribution in [0, 0.1) is 13.8 Å². The molecule has 0 atom stereocenters. The lowest BCUT2D eigenvalue weighted by Gasteiger charge is -2.06. The van der Waals surface area contributed by atoms with Crippen LogP contribution in [0.15, 0.2) is 64.3 Å². The molecule has 0 radical (unpaired) electrons. The number of methoxy groups -OCH3 is 1. The molecule has 0 aliphatic heterocycles. The molecule has 0 N–H and O–H groups in total. The van der Waals surface area contributed by atoms with E-state index in [9.17, 15) is 4.79 Å². The molecule has 160 valence electrons. The minimum Gasteiger partial charge on any atom is -0.497 e. The van der Waals surface area contributed by atoms with E-state index in [0.717, 1.165) is 22.4 Å². The fourth-order valence-corrected chi connectivity index (χ4v) is 3.67. The molecule has 3 aromatic heterocycles. The lowest BCUT2D eigenvalue weighted by atomic mass is 10.1. The second-order valence-electron chi connectivity index (χ2n) is 7.56. The van der Waals surface area contributed by atoms with Crippen LogP contribution in [0.5, 0.6) is 5.75 Å². The van der Waals surface area contributed by atoms with Gasteiger partial charge in [0.05, 0.1) is 19.0 Å². The summed E-state index contributed by atoms with van der Waals surface area (Å²) in [6.07, 6.45) is 3.01. The molecule has 3 heterocycles. The lowest BCUT2D eigenvalue weighted by molar-refractivity contribution is 0.369.